The normalized spacial score (nSPS) is 16.7. The van der Waals surface area contributed by atoms with Crippen LogP contribution in [0.1, 0.15) is 22.7 Å². The fourth-order valence-corrected chi connectivity index (χ4v) is 3.85. The SMILES string of the molecule is COc1cc2c(cc1OC)C(c1ccccc1)N(CC(=O)N(C)CC(F)(F)F)CC2. The molecule has 30 heavy (non-hydrogen) atoms. The lowest BCUT2D eigenvalue weighted by Gasteiger charge is -2.38. The lowest BCUT2D eigenvalue weighted by molar-refractivity contribution is -0.159. The van der Waals surface area contributed by atoms with Crippen LogP contribution in [0.25, 0.3) is 0 Å². The van der Waals surface area contributed by atoms with E-state index in [-0.39, 0.29) is 12.6 Å². The fourth-order valence-electron chi connectivity index (χ4n) is 3.85. The standard InChI is InChI=1S/C22H25F3N2O3/c1-26(14-22(23,24)25)20(28)13-27-10-9-16-11-18(29-2)19(30-3)12-17(16)21(27)15-7-5-4-6-8-15/h4-8,11-12,21H,9-10,13-14H2,1-3H3. The van der Waals surface area contributed by atoms with E-state index in [1.165, 1.54) is 7.05 Å². The Labute approximate surface area is 174 Å². The molecule has 0 aliphatic carbocycles. The highest BCUT2D eigenvalue weighted by atomic mass is 19.4. The van der Waals surface area contributed by atoms with E-state index >= 15 is 0 Å². The lowest BCUT2D eigenvalue weighted by Crippen LogP contribution is -2.45. The van der Waals surface area contributed by atoms with E-state index in [0.29, 0.717) is 24.5 Å². The molecule has 3 rings (SSSR count). The zero-order valence-corrected chi connectivity index (χ0v) is 17.2. The van der Waals surface area contributed by atoms with Crippen molar-refractivity contribution in [2.75, 3.05) is 40.9 Å². The summed E-state index contributed by atoms with van der Waals surface area (Å²) in [5, 5.41) is 0. The Bertz CT molecular complexity index is 887. The number of benzene rings is 2. The molecular formula is C22H25F3N2O3. The van der Waals surface area contributed by atoms with Gasteiger partial charge in [-0.25, -0.2) is 0 Å². The molecule has 0 saturated carbocycles. The van der Waals surface area contributed by atoms with Crippen molar-refractivity contribution in [1.29, 1.82) is 0 Å². The van der Waals surface area contributed by atoms with Gasteiger partial charge in [0.2, 0.25) is 5.91 Å². The molecule has 0 spiro atoms. The maximum Gasteiger partial charge on any atom is 0.406 e. The first kappa shape index (κ1) is 22.0. The van der Waals surface area contributed by atoms with Crippen LogP contribution < -0.4 is 9.47 Å². The summed E-state index contributed by atoms with van der Waals surface area (Å²) in [5.74, 6) is 0.620. The number of rotatable bonds is 6. The van der Waals surface area contributed by atoms with Crippen LogP contribution in [0.5, 0.6) is 11.5 Å². The van der Waals surface area contributed by atoms with Gasteiger partial charge in [0, 0.05) is 13.6 Å². The van der Waals surface area contributed by atoms with Crippen LogP contribution in [0, 0.1) is 0 Å². The molecular weight excluding hydrogens is 397 g/mol. The van der Waals surface area contributed by atoms with E-state index in [9.17, 15) is 18.0 Å². The van der Waals surface area contributed by atoms with Gasteiger partial charge in [0.15, 0.2) is 11.5 Å². The zero-order valence-electron chi connectivity index (χ0n) is 17.2. The highest BCUT2D eigenvalue weighted by Crippen LogP contribution is 2.40. The summed E-state index contributed by atoms with van der Waals surface area (Å²) in [7, 11) is 4.31. The summed E-state index contributed by atoms with van der Waals surface area (Å²) in [5.41, 5.74) is 2.97. The minimum absolute atomic E-state index is 0.111. The molecule has 0 aromatic heterocycles. The van der Waals surface area contributed by atoms with Gasteiger partial charge in [-0.15, -0.1) is 0 Å². The maximum absolute atomic E-state index is 12.7. The molecule has 5 nitrogen and oxygen atoms in total. The van der Waals surface area contributed by atoms with Gasteiger partial charge in [-0.2, -0.15) is 13.2 Å². The number of hydrogen-bond acceptors (Lipinski definition) is 4. The Kier molecular flexibility index (Phi) is 6.55. The second-order valence-corrected chi connectivity index (χ2v) is 7.30. The smallest absolute Gasteiger partial charge is 0.406 e. The Morgan fingerprint density at radius 3 is 2.37 bits per heavy atom. The third-order valence-electron chi connectivity index (χ3n) is 5.27. The van der Waals surface area contributed by atoms with Crippen LogP contribution in [0.4, 0.5) is 13.2 Å². The average molecular weight is 422 g/mol. The van der Waals surface area contributed by atoms with Crippen LogP contribution in [0.2, 0.25) is 0 Å². The van der Waals surface area contributed by atoms with Crippen molar-refractivity contribution in [3.8, 4) is 11.5 Å². The molecule has 1 unspecified atom stereocenters. The monoisotopic (exact) mass is 422 g/mol. The van der Waals surface area contributed by atoms with Gasteiger partial charge < -0.3 is 14.4 Å². The number of methoxy groups -OCH3 is 2. The topological polar surface area (TPSA) is 42.0 Å². The van der Waals surface area contributed by atoms with Crippen molar-refractivity contribution < 1.29 is 27.4 Å². The molecule has 8 heteroatoms. The second kappa shape index (κ2) is 8.95. The Morgan fingerprint density at radius 1 is 1.13 bits per heavy atom. The molecule has 1 heterocycles. The molecule has 0 radical (unpaired) electrons. The van der Waals surface area contributed by atoms with Crippen LogP contribution in [-0.4, -0.2) is 62.8 Å². The van der Waals surface area contributed by atoms with Crippen molar-refractivity contribution in [1.82, 2.24) is 9.80 Å². The van der Waals surface area contributed by atoms with Gasteiger partial charge in [-0.3, -0.25) is 9.69 Å². The number of fused-ring (bicyclic) bond motifs is 1. The van der Waals surface area contributed by atoms with Crippen molar-refractivity contribution >= 4 is 5.91 Å². The van der Waals surface area contributed by atoms with Gasteiger partial charge in [-0.05, 0) is 35.2 Å². The molecule has 1 amide bonds. The van der Waals surface area contributed by atoms with Crippen LogP contribution in [-0.2, 0) is 11.2 Å². The Balaban J connectivity index is 1.96. The molecule has 1 atom stereocenters. The molecule has 0 saturated heterocycles. The number of hydrogen-bond donors (Lipinski definition) is 0. The summed E-state index contributed by atoms with van der Waals surface area (Å²) in [6, 6.07) is 13.1. The molecule has 162 valence electrons. The van der Waals surface area contributed by atoms with Gasteiger partial charge in [0.05, 0.1) is 26.8 Å². The molecule has 1 aliphatic rings. The number of ether oxygens (including phenoxy) is 2. The number of carbonyl (C=O) groups is 1. The van der Waals surface area contributed by atoms with E-state index in [1.54, 1.807) is 14.2 Å². The Hall–Kier alpha value is -2.74. The summed E-state index contributed by atoms with van der Waals surface area (Å²) < 4.78 is 49.0. The van der Waals surface area contributed by atoms with Gasteiger partial charge >= 0.3 is 6.18 Å². The van der Waals surface area contributed by atoms with Crippen LogP contribution in [0.15, 0.2) is 42.5 Å². The van der Waals surface area contributed by atoms with E-state index in [1.807, 2.05) is 47.4 Å². The second-order valence-electron chi connectivity index (χ2n) is 7.30. The lowest BCUT2D eigenvalue weighted by atomic mass is 9.87. The molecule has 2 aromatic carbocycles. The van der Waals surface area contributed by atoms with E-state index in [2.05, 4.69) is 0 Å². The fraction of sp³-hybridized carbons (Fsp3) is 0.409. The summed E-state index contributed by atoms with van der Waals surface area (Å²) >= 11 is 0. The first-order valence-electron chi connectivity index (χ1n) is 9.58. The maximum atomic E-state index is 12.7. The number of halogens is 3. The van der Waals surface area contributed by atoms with Crippen molar-refractivity contribution in [2.24, 2.45) is 0 Å². The third kappa shape index (κ3) is 4.87. The molecule has 1 aliphatic heterocycles. The highest BCUT2D eigenvalue weighted by Gasteiger charge is 2.35. The number of carbonyl (C=O) groups excluding carboxylic acids is 1. The number of amides is 1. The van der Waals surface area contributed by atoms with E-state index in [4.69, 9.17) is 9.47 Å². The molecule has 0 bridgehead atoms. The summed E-state index contributed by atoms with van der Waals surface area (Å²) in [6.45, 7) is -0.842. The number of alkyl halides is 3. The predicted molar refractivity (Wildman–Crippen MR) is 107 cm³/mol. The van der Waals surface area contributed by atoms with Gasteiger partial charge in [0.1, 0.15) is 6.54 Å². The first-order valence-corrected chi connectivity index (χ1v) is 9.58. The minimum Gasteiger partial charge on any atom is -0.493 e. The minimum atomic E-state index is -4.43. The number of likely N-dealkylation sites (N-methyl/N-ethyl adjacent to an activating group) is 1. The third-order valence-corrected chi connectivity index (χ3v) is 5.27. The van der Waals surface area contributed by atoms with E-state index in [0.717, 1.165) is 21.6 Å². The van der Waals surface area contributed by atoms with Crippen LogP contribution in [0.3, 0.4) is 0 Å². The largest absolute Gasteiger partial charge is 0.493 e. The summed E-state index contributed by atoms with van der Waals surface area (Å²) in [6.07, 6.45) is -3.78. The number of nitrogens with zero attached hydrogens (tertiary/aromatic N) is 2. The molecule has 2 aromatic rings. The van der Waals surface area contributed by atoms with Crippen LogP contribution >= 0.6 is 0 Å². The van der Waals surface area contributed by atoms with Gasteiger partial charge in [-0.1, -0.05) is 30.3 Å². The highest BCUT2D eigenvalue weighted by molar-refractivity contribution is 5.78. The summed E-state index contributed by atoms with van der Waals surface area (Å²) in [4.78, 5) is 15.2. The van der Waals surface area contributed by atoms with Gasteiger partial charge in [0.25, 0.3) is 0 Å². The molecule has 0 fully saturated rings. The first-order chi connectivity index (χ1) is 14.2. The van der Waals surface area contributed by atoms with Crippen molar-refractivity contribution in [3.63, 3.8) is 0 Å². The van der Waals surface area contributed by atoms with E-state index < -0.39 is 18.6 Å². The van der Waals surface area contributed by atoms with Crippen molar-refractivity contribution in [2.45, 2.75) is 18.6 Å². The Morgan fingerprint density at radius 2 is 1.77 bits per heavy atom. The van der Waals surface area contributed by atoms with Crippen molar-refractivity contribution in [3.05, 3.63) is 59.2 Å². The zero-order chi connectivity index (χ0) is 21.9. The predicted octanol–water partition coefficient (Wildman–Crippen LogP) is 3.67. The quantitative estimate of drug-likeness (QED) is 0.713. The average Bonchev–Trinajstić information content (AvgIpc) is 2.71. The molecule has 0 N–H and O–H groups in total.